The minimum Gasteiger partial charge on any atom is -0.379 e. The maximum absolute atomic E-state index is 14.6. The van der Waals surface area contributed by atoms with Crippen molar-refractivity contribution in [3.05, 3.63) is 71.0 Å². The summed E-state index contributed by atoms with van der Waals surface area (Å²) in [6.45, 7) is 1.65. The Hall–Kier alpha value is -3.30. The van der Waals surface area contributed by atoms with Crippen molar-refractivity contribution in [3.63, 3.8) is 0 Å². The molecule has 2 heterocycles. The van der Waals surface area contributed by atoms with Crippen molar-refractivity contribution in [3.8, 4) is 0 Å². The van der Waals surface area contributed by atoms with Gasteiger partial charge < -0.3 is 19.3 Å². The van der Waals surface area contributed by atoms with Gasteiger partial charge in [0.2, 0.25) is 5.91 Å². The van der Waals surface area contributed by atoms with Crippen molar-refractivity contribution in [1.82, 2.24) is 14.7 Å². The van der Waals surface area contributed by atoms with E-state index < -0.39 is 23.8 Å². The van der Waals surface area contributed by atoms with Gasteiger partial charge in [0.15, 0.2) is 0 Å². The van der Waals surface area contributed by atoms with Crippen molar-refractivity contribution in [2.45, 2.75) is 63.4 Å². The van der Waals surface area contributed by atoms with Gasteiger partial charge >= 0.3 is 6.03 Å². The first-order valence-electron chi connectivity index (χ1n) is 13.7. The molecule has 0 bridgehead atoms. The lowest BCUT2D eigenvalue weighted by molar-refractivity contribution is -0.152. The van der Waals surface area contributed by atoms with E-state index >= 15 is 0 Å². The molecule has 1 saturated carbocycles. The maximum Gasteiger partial charge on any atom is 0.327 e. The van der Waals surface area contributed by atoms with Crippen LogP contribution in [-0.4, -0.2) is 78.1 Å². The molecule has 4 amide bonds. The largest absolute Gasteiger partial charge is 0.379 e. The third-order valence-electron chi connectivity index (χ3n) is 8.39. The highest BCUT2D eigenvalue weighted by Gasteiger charge is 2.51. The van der Waals surface area contributed by atoms with E-state index in [1.807, 2.05) is 4.90 Å². The Kier molecular flexibility index (Phi) is 8.28. The van der Waals surface area contributed by atoms with Gasteiger partial charge in [0.05, 0.1) is 31.2 Å². The van der Waals surface area contributed by atoms with Crippen LogP contribution in [0.1, 0.15) is 53.6 Å². The number of methoxy groups -OCH3 is 2. The number of hydrogen-bond donors (Lipinski definition) is 0. The normalized spacial score (nSPS) is 25.6. The van der Waals surface area contributed by atoms with Gasteiger partial charge in [-0.05, 0) is 55.9 Å². The van der Waals surface area contributed by atoms with Crippen LogP contribution in [0.4, 0.5) is 9.18 Å². The van der Waals surface area contributed by atoms with Crippen LogP contribution in [0.25, 0.3) is 0 Å². The number of rotatable bonds is 7. The SMILES string of the molecule is COC1CC2C(=O)N(Cc3ccc(C(=O)N4CCCCC4)cc3)C(=O)N(Cc3ccccc3F)C2CC1OC. The second kappa shape index (κ2) is 11.8. The molecule has 208 valence electrons. The van der Waals surface area contributed by atoms with E-state index in [4.69, 9.17) is 9.47 Å². The zero-order valence-electron chi connectivity index (χ0n) is 22.6. The van der Waals surface area contributed by atoms with Crippen molar-refractivity contribution in [1.29, 1.82) is 0 Å². The highest BCUT2D eigenvalue weighted by atomic mass is 19.1. The number of piperidine rings is 1. The lowest BCUT2D eigenvalue weighted by Crippen LogP contribution is -2.64. The molecule has 0 spiro atoms. The summed E-state index contributed by atoms with van der Waals surface area (Å²) in [4.78, 5) is 45.1. The molecule has 4 unspecified atom stereocenters. The molecule has 0 N–H and O–H groups in total. The van der Waals surface area contributed by atoms with Crippen LogP contribution in [-0.2, 0) is 27.4 Å². The summed E-state index contributed by atoms with van der Waals surface area (Å²) in [6.07, 6.45) is 3.44. The Bertz CT molecular complexity index is 1200. The molecule has 3 fully saturated rings. The fourth-order valence-corrected chi connectivity index (χ4v) is 6.17. The Morgan fingerprint density at radius 3 is 2.23 bits per heavy atom. The maximum atomic E-state index is 14.6. The first-order valence-corrected chi connectivity index (χ1v) is 13.7. The average molecular weight is 538 g/mol. The molecule has 39 heavy (non-hydrogen) atoms. The number of imide groups is 1. The lowest BCUT2D eigenvalue weighted by atomic mass is 9.77. The van der Waals surface area contributed by atoms with Gasteiger partial charge in [0.25, 0.3) is 5.91 Å². The summed E-state index contributed by atoms with van der Waals surface area (Å²) in [5.41, 5.74) is 1.73. The standard InChI is InChI=1S/C30H36FN3O5/c1-38-26-16-23-25(17-27(26)39-2)33(19-22-8-4-5-9-24(22)31)30(37)34(29(23)36)18-20-10-12-21(13-11-20)28(35)32-14-6-3-7-15-32/h4-5,8-13,23,25-27H,3,6-7,14-19H2,1-2H3. The van der Waals surface area contributed by atoms with Gasteiger partial charge in [0.1, 0.15) is 5.82 Å². The number of likely N-dealkylation sites (tertiary alicyclic amines) is 1. The molecule has 5 rings (SSSR count). The molecule has 2 saturated heterocycles. The fraction of sp³-hybridized carbons (Fsp3) is 0.500. The molecule has 2 aliphatic heterocycles. The van der Waals surface area contributed by atoms with Gasteiger partial charge in [-0.25, -0.2) is 9.18 Å². The number of nitrogens with zero attached hydrogens (tertiary/aromatic N) is 3. The molecule has 2 aromatic carbocycles. The summed E-state index contributed by atoms with van der Waals surface area (Å²) in [5, 5.41) is 0. The van der Waals surface area contributed by atoms with E-state index in [0.29, 0.717) is 24.0 Å². The Balaban J connectivity index is 1.39. The van der Waals surface area contributed by atoms with Gasteiger partial charge in [-0.15, -0.1) is 0 Å². The number of benzene rings is 2. The van der Waals surface area contributed by atoms with Gasteiger partial charge in [-0.2, -0.15) is 0 Å². The third kappa shape index (κ3) is 5.56. The smallest absolute Gasteiger partial charge is 0.327 e. The molecule has 3 aliphatic rings. The predicted octanol–water partition coefficient (Wildman–Crippen LogP) is 4.22. The Labute approximate surface area is 228 Å². The van der Waals surface area contributed by atoms with Crippen molar-refractivity contribution in [2.75, 3.05) is 27.3 Å². The third-order valence-corrected chi connectivity index (χ3v) is 8.39. The lowest BCUT2D eigenvalue weighted by Gasteiger charge is -2.50. The molecule has 0 radical (unpaired) electrons. The number of fused-ring (bicyclic) bond motifs is 1. The number of amides is 4. The number of carbonyl (C=O) groups is 3. The van der Waals surface area contributed by atoms with E-state index in [1.54, 1.807) is 61.6 Å². The quantitative estimate of drug-likeness (QED) is 0.528. The predicted molar refractivity (Wildman–Crippen MR) is 142 cm³/mol. The first-order chi connectivity index (χ1) is 18.9. The molecule has 2 aromatic rings. The molecular weight excluding hydrogens is 501 g/mol. The van der Waals surface area contributed by atoms with Crippen LogP contribution < -0.4 is 0 Å². The molecular formula is C30H36FN3O5. The summed E-state index contributed by atoms with van der Waals surface area (Å²) >= 11 is 0. The van der Waals surface area contributed by atoms with Crippen LogP contribution in [0.5, 0.6) is 0 Å². The average Bonchev–Trinajstić information content (AvgIpc) is 2.98. The van der Waals surface area contributed by atoms with Crippen molar-refractivity contribution < 1.29 is 28.2 Å². The second-order valence-corrected chi connectivity index (χ2v) is 10.7. The van der Waals surface area contributed by atoms with Crippen molar-refractivity contribution in [2.24, 2.45) is 5.92 Å². The van der Waals surface area contributed by atoms with Crippen LogP contribution >= 0.6 is 0 Å². The topological polar surface area (TPSA) is 79.4 Å². The zero-order valence-corrected chi connectivity index (χ0v) is 22.6. The van der Waals surface area contributed by atoms with E-state index in [2.05, 4.69) is 0 Å². The highest BCUT2D eigenvalue weighted by molar-refractivity contribution is 5.99. The van der Waals surface area contributed by atoms with E-state index in [-0.39, 0.29) is 37.1 Å². The first kappa shape index (κ1) is 27.3. The minimum absolute atomic E-state index is 0.00536. The van der Waals surface area contributed by atoms with E-state index in [1.165, 1.54) is 11.0 Å². The van der Waals surface area contributed by atoms with E-state index in [9.17, 15) is 18.8 Å². The van der Waals surface area contributed by atoms with Crippen LogP contribution in [0, 0.1) is 11.7 Å². The fourth-order valence-electron chi connectivity index (χ4n) is 6.17. The molecule has 0 aromatic heterocycles. The number of ether oxygens (including phenoxy) is 2. The summed E-state index contributed by atoms with van der Waals surface area (Å²) < 4.78 is 25.9. The summed E-state index contributed by atoms with van der Waals surface area (Å²) in [5.74, 6) is -1.15. The van der Waals surface area contributed by atoms with Crippen molar-refractivity contribution >= 4 is 17.8 Å². The molecule has 9 heteroatoms. The number of hydrogen-bond acceptors (Lipinski definition) is 5. The molecule has 1 aliphatic carbocycles. The number of halogens is 1. The molecule has 8 nitrogen and oxygen atoms in total. The number of urea groups is 1. The highest BCUT2D eigenvalue weighted by Crippen LogP contribution is 2.38. The number of carbonyl (C=O) groups excluding carboxylic acids is 3. The Morgan fingerprint density at radius 1 is 0.897 bits per heavy atom. The van der Waals surface area contributed by atoms with Gasteiger partial charge in [-0.1, -0.05) is 30.3 Å². The summed E-state index contributed by atoms with van der Waals surface area (Å²) in [6, 6.07) is 12.6. The zero-order chi connectivity index (χ0) is 27.5. The van der Waals surface area contributed by atoms with E-state index in [0.717, 1.165) is 37.9 Å². The Morgan fingerprint density at radius 2 is 1.56 bits per heavy atom. The van der Waals surface area contributed by atoms with Crippen LogP contribution in [0.3, 0.4) is 0 Å². The van der Waals surface area contributed by atoms with Gasteiger partial charge in [-0.3, -0.25) is 14.5 Å². The monoisotopic (exact) mass is 537 g/mol. The summed E-state index contributed by atoms with van der Waals surface area (Å²) in [7, 11) is 3.19. The minimum atomic E-state index is -0.495. The van der Waals surface area contributed by atoms with Crippen LogP contribution in [0.15, 0.2) is 48.5 Å². The second-order valence-electron chi connectivity index (χ2n) is 10.7. The van der Waals surface area contributed by atoms with Gasteiger partial charge in [0, 0.05) is 44.5 Å². The van der Waals surface area contributed by atoms with Crippen LogP contribution in [0.2, 0.25) is 0 Å². The molecule has 4 atom stereocenters.